The van der Waals surface area contributed by atoms with Crippen molar-refractivity contribution in [1.29, 1.82) is 0 Å². The van der Waals surface area contributed by atoms with E-state index in [1.165, 1.54) is 93.9 Å². The lowest BCUT2D eigenvalue weighted by Crippen LogP contribution is -2.40. The monoisotopic (exact) mass is 644 g/mol. The summed E-state index contributed by atoms with van der Waals surface area (Å²) in [5.41, 5.74) is 16.4. The van der Waals surface area contributed by atoms with Gasteiger partial charge in [0, 0.05) is 41.7 Å². The van der Waals surface area contributed by atoms with E-state index in [0.29, 0.717) is 29.7 Å². The van der Waals surface area contributed by atoms with Gasteiger partial charge in [-0.25, -0.2) is 0 Å². The van der Waals surface area contributed by atoms with Crippen LogP contribution in [0.2, 0.25) is 0 Å². The van der Waals surface area contributed by atoms with E-state index in [0.717, 1.165) is 41.9 Å². The maximum absolute atomic E-state index is 5.55. The molecule has 2 nitrogen and oxygen atoms in total. The predicted molar refractivity (Wildman–Crippen MR) is 202 cm³/mol. The first-order valence-corrected chi connectivity index (χ1v) is 20.3. The Balaban J connectivity index is 1.09. The average molecular weight is 645 g/mol. The van der Waals surface area contributed by atoms with E-state index in [4.69, 9.17) is 9.98 Å². The van der Waals surface area contributed by atoms with Gasteiger partial charge in [-0.2, -0.15) is 0 Å². The molecular weight excluding hydrogens is 593 g/mol. The molecule has 11 rings (SSSR count). The fourth-order valence-electron chi connectivity index (χ4n) is 13.8. The zero-order valence-electron chi connectivity index (χ0n) is 29.4. The summed E-state index contributed by atoms with van der Waals surface area (Å²) in [6, 6.07) is 9.41. The quantitative estimate of drug-likeness (QED) is 0.286. The molecule has 2 aliphatic heterocycles. The van der Waals surface area contributed by atoms with Gasteiger partial charge in [-0.3, -0.25) is 9.98 Å². The third-order valence-electron chi connectivity index (χ3n) is 15.5. The van der Waals surface area contributed by atoms with Crippen molar-refractivity contribution in [2.75, 3.05) is 0 Å². The molecule has 8 aliphatic carbocycles. The van der Waals surface area contributed by atoms with Crippen molar-refractivity contribution in [3.63, 3.8) is 0 Å². The largest absolute Gasteiger partial charge is 0.288 e. The first kappa shape index (κ1) is 29.5. The molecule has 11 atom stereocenters. The number of allylic oxidation sites excluding steroid dienone is 11. The number of rotatable bonds is 2. The molecular formula is C47H52N2. The molecule has 10 aliphatic rings. The summed E-state index contributed by atoms with van der Waals surface area (Å²) in [6.45, 7) is 2.48. The van der Waals surface area contributed by atoms with Crippen LogP contribution >= 0.6 is 0 Å². The summed E-state index contributed by atoms with van der Waals surface area (Å²) in [6.07, 6.45) is 36.7. The van der Waals surface area contributed by atoms with Gasteiger partial charge in [0.2, 0.25) is 0 Å². The fraction of sp³-hybridized carbons (Fsp3) is 0.532. The Kier molecular flexibility index (Phi) is 6.84. The standard InChI is InChI=1S/C47H52N2/c1-27-10-8-18-36-42(27)47(41-23-30-13-3-5-15-32(30)26-49-41)46-39(44(36)40-22-29-12-2-4-14-31(29)25-48-40)24-38-35-21-20-28-11-6-7-16-33(28)34-17-9-19-37(43(34)35)45(38)46/h2-3,5,7,10,12-13,15-16,22,25-26,29,31,34-35,37-38,41-43,45,47H,4,6,8-9,11,14,17-21,23-24H2,1H3. The van der Waals surface area contributed by atoms with Gasteiger partial charge in [0.05, 0.1) is 11.7 Å². The molecule has 11 unspecified atom stereocenters. The molecule has 1 aromatic carbocycles. The minimum absolute atomic E-state index is 0.316. The summed E-state index contributed by atoms with van der Waals surface area (Å²) in [4.78, 5) is 11.0. The van der Waals surface area contributed by atoms with Crippen LogP contribution in [0.1, 0.15) is 95.1 Å². The van der Waals surface area contributed by atoms with Gasteiger partial charge in [0.15, 0.2) is 0 Å². The van der Waals surface area contributed by atoms with Crippen LogP contribution in [0.5, 0.6) is 0 Å². The molecule has 2 heterocycles. The molecule has 0 spiro atoms. The summed E-state index contributed by atoms with van der Waals surface area (Å²) in [5.74, 6) is 6.91. The minimum atomic E-state index is 0.316. The van der Waals surface area contributed by atoms with Crippen molar-refractivity contribution < 1.29 is 0 Å². The normalized spacial score (nSPS) is 41.2. The second-order valence-corrected chi connectivity index (χ2v) is 17.5. The highest BCUT2D eigenvalue weighted by molar-refractivity contribution is 5.83. The van der Waals surface area contributed by atoms with Gasteiger partial charge in [-0.15, -0.1) is 0 Å². The second-order valence-electron chi connectivity index (χ2n) is 17.5. The zero-order chi connectivity index (χ0) is 32.2. The van der Waals surface area contributed by atoms with Crippen molar-refractivity contribution in [3.8, 4) is 0 Å². The van der Waals surface area contributed by atoms with Crippen LogP contribution in [0.3, 0.4) is 0 Å². The maximum Gasteiger partial charge on any atom is 0.0667 e. The Morgan fingerprint density at radius 3 is 2.78 bits per heavy atom. The smallest absolute Gasteiger partial charge is 0.0667 e. The first-order valence-electron chi connectivity index (χ1n) is 20.3. The molecule has 0 radical (unpaired) electrons. The second kappa shape index (κ2) is 11.4. The highest BCUT2D eigenvalue weighted by Crippen LogP contribution is 2.69. The number of nitrogens with zero attached hydrogens (tertiary/aromatic N) is 2. The zero-order valence-corrected chi connectivity index (χ0v) is 29.4. The molecule has 0 saturated heterocycles. The predicted octanol–water partition coefficient (Wildman–Crippen LogP) is 10.9. The molecule has 0 N–H and O–H groups in total. The highest BCUT2D eigenvalue weighted by Gasteiger charge is 2.61. The Labute approximate surface area is 293 Å². The number of benzene rings is 1. The van der Waals surface area contributed by atoms with E-state index in [9.17, 15) is 0 Å². The topological polar surface area (TPSA) is 24.7 Å². The minimum Gasteiger partial charge on any atom is -0.288 e. The van der Waals surface area contributed by atoms with Crippen molar-refractivity contribution in [3.05, 3.63) is 117 Å². The lowest BCUT2D eigenvalue weighted by atomic mass is 9.59. The van der Waals surface area contributed by atoms with Gasteiger partial charge >= 0.3 is 0 Å². The molecule has 0 bridgehead atoms. The highest BCUT2D eigenvalue weighted by atomic mass is 14.8. The lowest BCUT2D eigenvalue weighted by Gasteiger charge is -2.47. The van der Waals surface area contributed by atoms with Crippen molar-refractivity contribution in [2.24, 2.45) is 69.2 Å². The molecule has 0 aromatic heterocycles. The molecule has 250 valence electrons. The van der Waals surface area contributed by atoms with E-state index in [1.807, 2.05) is 11.1 Å². The Morgan fingerprint density at radius 1 is 0.837 bits per heavy atom. The number of fused-ring (bicyclic) bond motifs is 8. The van der Waals surface area contributed by atoms with Crippen molar-refractivity contribution in [1.82, 2.24) is 0 Å². The molecule has 1 aromatic rings. The van der Waals surface area contributed by atoms with E-state index >= 15 is 0 Å². The van der Waals surface area contributed by atoms with Crippen LogP contribution in [0, 0.1) is 59.2 Å². The van der Waals surface area contributed by atoms with Crippen molar-refractivity contribution >= 4 is 12.4 Å². The SMILES string of the molecule is CC1=CCCC2=C(C3=CC4C=CCCC4C=N3)C3=C(C(C4Cc5ccccc5C=N4)C12)C1C(C3)C2CCC3=C(C=CCC3)C3CCCC1C32. The van der Waals surface area contributed by atoms with Crippen molar-refractivity contribution in [2.45, 2.75) is 96.4 Å². The number of hydrogen-bond donors (Lipinski definition) is 0. The molecule has 2 saturated carbocycles. The Hall–Kier alpha value is -3.26. The molecule has 49 heavy (non-hydrogen) atoms. The Bertz CT molecular complexity index is 1880. The summed E-state index contributed by atoms with van der Waals surface area (Å²) in [5, 5.41) is 0. The third kappa shape index (κ3) is 4.37. The van der Waals surface area contributed by atoms with Crippen LogP contribution in [-0.4, -0.2) is 18.5 Å². The van der Waals surface area contributed by atoms with E-state index in [-0.39, 0.29) is 0 Å². The van der Waals surface area contributed by atoms with Gasteiger partial charge in [0.25, 0.3) is 0 Å². The molecule has 0 amide bonds. The van der Waals surface area contributed by atoms with Crippen LogP contribution in [0.15, 0.2) is 115 Å². The summed E-state index contributed by atoms with van der Waals surface area (Å²) in [7, 11) is 0. The summed E-state index contributed by atoms with van der Waals surface area (Å²) >= 11 is 0. The van der Waals surface area contributed by atoms with Crippen LogP contribution < -0.4 is 0 Å². The van der Waals surface area contributed by atoms with Gasteiger partial charge < -0.3 is 0 Å². The van der Waals surface area contributed by atoms with Crippen LogP contribution in [0.25, 0.3) is 0 Å². The fourth-order valence-corrected chi connectivity index (χ4v) is 13.8. The molecule has 2 heteroatoms. The molecule has 2 fully saturated rings. The van der Waals surface area contributed by atoms with Gasteiger partial charge in [-0.1, -0.05) is 89.4 Å². The maximum atomic E-state index is 5.55. The average Bonchev–Trinajstić information content (AvgIpc) is 3.61. The van der Waals surface area contributed by atoms with E-state index in [1.54, 1.807) is 27.9 Å². The van der Waals surface area contributed by atoms with Gasteiger partial charge in [0.1, 0.15) is 0 Å². The van der Waals surface area contributed by atoms with Crippen LogP contribution in [0.4, 0.5) is 0 Å². The first-order chi connectivity index (χ1) is 24.2. The number of hydrogen-bond acceptors (Lipinski definition) is 2. The number of aliphatic imine (C=N–C) groups is 2. The Morgan fingerprint density at radius 2 is 1.80 bits per heavy atom. The van der Waals surface area contributed by atoms with E-state index < -0.39 is 0 Å². The summed E-state index contributed by atoms with van der Waals surface area (Å²) < 4.78 is 0. The lowest BCUT2D eigenvalue weighted by molar-refractivity contribution is 0.149. The van der Waals surface area contributed by atoms with E-state index in [2.05, 4.69) is 80.1 Å². The third-order valence-corrected chi connectivity index (χ3v) is 15.5. The van der Waals surface area contributed by atoms with Gasteiger partial charge in [-0.05, 0) is 142 Å². The van der Waals surface area contributed by atoms with Crippen LogP contribution in [-0.2, 0) is 6.42 Å².